The highest BCUT2D eigenvalue weighted by Gasteiger charge is 1.97. The Kier molecular flexibility index (Phi) is 3.48. The van der Waals surface area contributed by atoms with Crippen LogP contribution in [-0.4, -0.2) is 6.04 Å². The van der Waals surface area contributed by atoms with E-state index in [-0.39, 0.29) is 6.04 Å². The van der Waals surface area contributed by atoms with Gasteiger partial charge in [0.15, 0.2) is 0 Å². The Hall–Kier alpha value is -1.02. The molecule has 50 valence electrons. The fourth-order valence-corrected chi connectivity index (χ4v) is 0.451. The van der Waals surface area contributed by atoms with Crippen molar-refractivity contribution in [2.45, 2.75) is 6.04 Å². The van der Waals surface area contributed by atoms with E-state index in [9.17, 15) is 0 Å². The summed E-state index contributed by atoms with van der Waals surface area (Å²) in [5.41, 5.74) is 11.5. The SMILES string of the molecule is C=C/C(=C/N)C(N)C=C. The molecule has 0 rings (SSSR count). The smallest absolute Gasteiger partial charge is 0.0492 e. The van der Waals surface area contributed by atoms with Gasteiger partial charge in [-0.25, -0.2) is 0 Å². The lowest BCUT2D eigenvalue weighted by atomic mass is 10.1. The molecule has 2 nitrogen and oxygen atoms in total. The monoisotopic (exact) mass is 124 g/mol. The highest BCUT2D eigenvalue weighted by atomic mass is 14.6. The molecule has 0 aromatic carbocycles. The van der Waals surface area contributed by atoms with Gasteiger partial charge in [0.05, 0.1) is 0 Å². The fraction of sp³-hybridized carbons (Fsp3) is 0.143. The molecule has 1 atom stereocenters. The van der Waals surface area contributed by atoms with E-state index in [1.165, 1.54) is 6.20 Å². The number of nitrogens with two attached hydrogens (primary N) is 2. The minimum Gasteiger partial charge on any atom is -0.404 e. The van der Waals surface area contributed by atoms with Gasteiger partial charge in [-0.05, 0) is 11.8 Å². The van der Waals surface area contributed by atoms with Crippen LogP contribution in [0.4, 0.5) is 0 Å². The Balaban J connectivity index is 4.11. The lowest BCUT2D eigenvalue weighted by Gasteiger charge is -2.04. The molecule has 0 amide bonds. The first kappa shape index (κ1) is 7.98. The number of hydrogen-bond donors (Lipinski definition) is 2. The van der Waals surface area contributed by atoms with E-state index in [1.807, 2.05) is 0 Å². The zero-order valence-corrected chi connectivity index (χ0v) is 5.38. The molecule has 2 heteroatoms. The van der Waals surface area contributed by atoms with Gasteiger partial charge in [0.2, 0.25) is 0 Å². The summed E-state index contributed by atoms with van der Waals surface area (Å²) in [5.74, 6) is 0. The molecular weight excluding hydrogens is 112 g/mol. The molecular formula is C7H12N2. The second-order valence-corrected chi connectivity index (χ2v) is 1.63. The molecule has 0 aliphatic rings. The minimum absolute atomic E-state index is 0.188. The summed E-state index contributed by atoms with van der Waals surface area (Å²) in [6, 6.07) is -0.188. The summed E-state index contributed by atoms with van der Waals surface area (Å²) >= 11 is 0. The first-order valence-corrected chi connectivity index (χ1v) is 2.68. The van der Waals surface area contributed by atoms with Crippen molar-refractivity contribution >= 4 is 0 Å². The molecule has 0 aromatic rings. The van der Waals surface area contributed by atoms with Crippen molar-refractivity contribution in [3.63, 3.8) is 0 Å². The van der Waals surface area contributed by atoms with Gasteiger partial charge in [-0.1, -0.05) is 18.7 Å². The summed E-state index contributed by atoms with van der Waals surface area (Å²) in [5, 5.41) is 0. The van der Waals surface area contributed by atoms with Crippen LogP contribution in [0.1, 0.15) is 0 Å². The molecule has 0 aliphatic carbocycles. The first-order chi connectivity index (χ1) is 4.26. The van der Waals surface area contributed by atoms with E-state index in [1.54, 1.807) is 12.2 Å². The molecule has 0 radical (unpaired) electrons. The molecule has 0 aliphatic heterocycles. The topological polar surface area (TPSA) is 52.0 Å². The van der Waals surface area contributed by atoms with Gasteiger partial charge in [-0.2, -0.15) is 0 Å². The third-order valence-electron chi connectivity index (χ3n) is 1.07. The van der Waals surface area contributed by atoms with E-state index in [0.717, 1.165) is 5.57 Å². The van der Waals surface area contributed by atoms with Crippen molar-refractivity contribution < 1.29 is 0 Å². The Bertz CT molecular complexity index is 136. The predicted octanol–water partition coefficient (Wildman–Crippen LogP) is 0.528. The molecule has 1 unspecified atom stereocenters. The van der Waals surface area contributed by atoms with Crippen LogP contribution in [0.3, 0.4) is 0 Å². The van der Waals surface area contributed by atoms with Crippen molar-refractivity contribution in [2.75, 3.05) is 0 Å². The fourth-order valence-electron chi connectivity index (χ4n) is 0.451. The Morgan fingerprint density at radius 2 is 2.00 bits per heavy atom. The minimum atomic E-state index is -0.188. The van der Waals surface area contributed by atoms with Crippen molar-refractivity contribution in [3.8, 4) is 0 Å². The Labute approximate surface area is 55.5 Å². The molecule has 0 aromatic heterocycles. The summed E-state index contributed by atoms with van der Waals surface area (Å²) < 4.78 is 0. The maximum absolute atomic E-state index is 5.50. The van der Waals surface area contributed by atoms with Crippen LogP contribution in [0.5, 0.6) is 0 Å². The summed E-state index contributed by atoms with van der Waals surface area (Å²) in [7, 11) is 0. The lowest BCUT2D eigenvalue weighted by molar-refractivity contribution is 0.978. The van der Waals surface area contributed by atoms with Gasteiger partial charge in [0.1, 0.15) is 0 Å². The largest absolute Gasteiger partial charge is 0.404 e. The number of hydrogen-bond acceptors (Lipinski definition) is 2. The number of rotatable bonds is 3. The lowest BCUT2D eigenvalue weighted by Crippen LogP contribution is -2.18. The van der Waals surface area contributed by atoms with E-state index < -0.39 is 0 Å². The normalized spacial score (nSPS) is 14.6. The van der Waals surface area contributed by atoms with Crippen molar-refractivity contribution in [1.82, 2.24) is 0 Å². The first-order valence-electron chi connectivity index (χ1n) is 2.68. The highest BCUT2D eigenvalue weighted by Crippen LogP contribution is 1.98. The average Bonchev–Trinajstić information content (AvgIpc) is 1.90. The quantitative estimate of drug-likeness (QED) is 0.426. The van der Waals surface area contributed by atoms with Gasteiger partial charge >= 0.3 is 0 Å². The van der Waals surface area contributed by atoms with Crippen LogP contribution in [0, 0.1) is 0 Å². The van der Waals surface area contributed by atoms with Crippen LogP contribution in [-0.2, 0) is 0 Å². The molecule has 0 spiro atoms. The average molecular weight is 124 g/mol. The van der Waals surface area contributed by atoms with Gasteiger partial charge < -0.3 is 11.5 Å². The molecule has 0 heterocycles. The van der Waals surface area contributed by atoms with Crippen LogP contribution in [0.2, 0.25) is 0 Å². The maximum atomic E-state index is 5.50. The third kappa shape index (κ3) is 2.15. The zero-order chi connectivity index (χ0) is 7.28. The van der Waals surface area contributed by atoms with E-state index >= 15 is 0 Å². The molecule has 9 heavy (non-hydrogen) atoms. The maximum Gasteiger partial charge on any atom is 0.0492 e. The molecule has 0 saturated carbocycles. The standard InChI is InChI=1S/C7H12N2/c1-3-6(5-8)7(9)4-2/h3-5,7H,1-2,8-9H2/b6-5-. The van der Waals surface area contributed by atoms with Gasteiger partial charge in [-0.15, -0.1) is 6.58 Å². The molecule has 0 fully saturated rings. The van der Waals surface area contributed by atoms with Crippen LogP contribution in [0.25, 0.3) is 0 Å². The zero-order valence-electron chi connectivity index (χ0n) is 5.38. The van der Waals surface area contributed by atoms with Crippen molar-refractivity contribution in [1.29, 1.82) is 0 Å². The van der Waals surface area contributed by atoms with Gasteiger partial charge in [-0.3, -0.25) is 0 Å². The predicted molar refractivity (Wildman–Crippen MR) is 40.6 cm³/mol. The second kappa shape index (κ2) is 3.92. The molecule has 0 bridgehead atoms. The van der Waals surface area contributed by atoms with Gasteiger partial charge in [0.25, 0.3) is 0 Å². The van der Waals surface area contributed by atoms with E-state index in [4.69, 9.17) is 11.5 Å². The van der Waals surface area contributed by atoms with Gasteiger partial charge in [0, 0.05) is 6.04 Å². The van der Waals surface area contributed by atoms with Crippen molar-refractivity contribution in [3.05, 3.63) is 37.1 Å². The summed E-state index contributed by atoms with van der Waals surface area (Å²) in [4.78, 5) is 0. The third-order valence-corrected chi connectivity index (χ3v) is 1.07. The van der Waals surface area contributed by atoms with Crippen molar-refractivity contribution in [2.24, 2.45) is 11.5 Å². The Morgan fingerprint density at radius 3 is 2.11 bits per heavy atom. The summed E-state index contributed by atoms with van der Waals surface area (Å²) in [6.07, 6.45) is 4.66. The Morgan fingerprint density at radius 1 is 1.44 bits per heavy atom. The molecule has 4 N–H and O–H groups in total. The molecule has 0 saturated heterocycles. The van der Waals surface area contributed by atoms with Crippen LogP contribution >= 0.6 is 0 Å². The van der Waals surface area contributed by atoms with E-state index in [0.29, 0.717) is 0 Å². The second-order valence-electron chi connectivity index (χ2n) is 1.63. The van der Waals surface area contributed by atoms with E-state index in [2.05, 4.69) is 13.2 Å². The summed E-state index contributed by atoms with van der Waals surface area (Å²) in [6.45, 7) is 7.03. The van der Waals surface area contributed by atoms with Crippen LogP contribution in [0.15, 0.2) is 37.1 Å². The van der Waals surface area contributed by atoms with Crippen LogP contribution < -0.4 is 11.5 Å². The highest BCUT2D eigenvalue weighted by molar-refractivity contribution is 5.25.